The zero-order chi connectivity index (χ0) is 11.0. The highest BCUT2D eigenvalue weighted by atomic mass is 32.2. The molecule has 0 amide bonds. The van der Waals surface area contributed by atoms with Gasteiger partial charge in [0.05, 0.1) is 0 Å². The van der Waals surface area contributed by atoms with E-state index < -0.39 is 18.0 Å². The zero-order valence-electron chi connectivity index (χ0n) is 7.77. The van der Waals surface area contributed by atoms with Crippen LogP contribution in [0.5, 0.6) is 0 Å². The summed E-state index contributed by atoms with van der Waals surface area (Å²) < 4.78 is 0. The summed E-state index contributed by atoms with van der Waals surface area (Å²) in [4.78, 5) is 20.7. The number of carbonyl (C=O) groups is 2. The molecule has 0 radical (unpaired) electrons. The third kappa shape index (κ3) is 6.36. The molecular weight excluding hydrogens is 206 g/mol. The Kier molecular flexibility index (Phi) is 6.65. The molecule has 0 heterocycles. The second kappa shape index (κ2) is 7.25. The van der Waals surface area contributed by atoms with Crippen molar-refractivity contribution < 1.29 is 19.8 Å². The molecule has 1 atom stereocenters. The monoisotopic (exact) mass is 219 g/mol. The van der Waals surface area contributed by atoms with Crippen molar-refractivity contribution in [3.63, 3.8) is 0 Å². The highest BCUT2D eigenvalue weighted by Gasteiger charge is 2.14. The molecule has 0 unspecified atom stereocenters. The standard InChI is InChI=1S/C8H13NO4S/c1-14-5-3-6(8(12)13)9-4-2-7(10)11/h2,4,6,9H,3,5H2,1H3,(H,10,11)(H,12,13)/t6-/m0/s1. The lowest BCUT2D eigenvalue weighted by Crippen LogP contribution is -2.33. The Bertz CT molecular complexity index is 229. The van der Waals surface area contributed by atoms with Crippen LogP contribution in [0.4, 0.5) is 0 Å². The number of aliphatic carboxylic acids is 2. The van der Waals surface area contributed by atoms with E-state index in [0.29, 0.717) is 12.2 Å². The first-order chi connectivity index (χ1) is 6.57. The normalized spacial score (nSPS) is 12.6. The van der Waals surface area contributed by atoms with Gasteiger partial charge in [0, 0.05) is 12.3 Å². The van der Waals surface area contributed by atoms with Gasteiger partial charge in [-0.1, -0.05) is 0 Å². The Morgan fingerprint density at radius 2 is 2.14 bits per heavy atom. The maximum Gasteiger partial charge on any atom is 0.329 e. The first kappa shape index (κ1) is 12.8. The van der Waals surface area contributed by atoms with Gasteiger partial charge in [-0.3, -0.25) is 0 Å². The molecule has 0 rings (SSSR count). The molecule has 5 nitrogen and oxygen atoms in total. The van der Waals surface area contributed by atoms with Gasteiger partial charge in [-0.05, 0) is 18.4 Å². The van der Waals surface area contributed by atoms with E-state index in [-0.39, 0.29) is 0 Å². The molecule has 0 aromatic rings. The highest BCUT2D eigenvalue weighted by Crippen LogP contribution is 2.00. The van der Waals surface area contributed by atoms with Crippen LogP contribution in [-0.4, -0.2) is 40.2 Å². The quantitative estimate of drug-likeness (QED) is 0.537. The minimum absolute atomic E-state index is 0.459. The van der Waals surface area contributed by atoms with Crippen LogP contribution in [-0.2, 0) is 9.59 Å². The topological polar surface area (TPSA) is 86.6 Å². The summed E-state index contributed by atoms with van der Waals surface area (Å²) in [6.45, 7) is 0. The first-order valence-corrected chi connectivity index (χ1v) is 5.34. The predicted molar refractivity (Wildman–Crippen MR) is 54.3 cm³/mol. The fraction of sp³-hybridized carbons (Fsp3) is 0.500. The molecule has 14 heavy (non-hydrogen) atoms. The lowest BCUT2D eigenvalue weighted by Gasteiger charge is -2.10. The Balaban J connectivity index is 3.97. The molecule has 0 bridgehead atoms. The summed E-state index contributed by atoms with van der Waals surface area (Å²) in [5, 5.41) is 19.5. The molecule has 0 aliphatic carbocycles. The largest absolute Gasteiger partial charge is 0.480 e. The van der Waals surface area contributed by atoms with E-state index in [1.807, 2.05) is 6.26 Å². The maximum absolute atomic E-state index is 10.6. The summed E-state index contributed by atoms with van der Waals surface area (Å²) in [7, 11) is 0. The molecule has 0 aromatic heterocycles. The van der Waals surface area contributed by atoms with Gasteiger partial charge in [0.25, 0.3) is 0 Å². The average Bonchev–Trinajstić information content (AvgIpc) is 2.09. The van der Waals surface area contributed by atoms with Crippen LogP contribution in [0.2, 0.25) is 0 Å². The fourth-order valence-electron chi connectivity index (χ4n) is 0.749. The Labute approximate surface area is 86.2 Å². The van der Waals surface area contributed by atoms with Gasteiger partial charge in [-0.25, -0.2) is 9.59 Å². The van der Waals surface area contributed by atoms with E-state index >= 15 is 0 Å². The van der Waals surface area contributed by atoms with E-state index in [4.69, 9.17) is 10.2 Å². The number of thioether (sulfide) groups is 1. The number of hydrogen-bond donors (Lipinski definition) is 3. The van der Waals surface area contributed by atoms with Crippen LogP contribution in [0, 0.1) is 0 Å². The van der Waals surface area contributed by atoms with Crippen molar-refractivity contribution in [2.75, 3.05) is 12.0 Å². The second-order valence-electron chi connectivity index (χ2n) is 2.51. The van der Waals surface area contributed by atoms with Crippen molar-refractivity contribution in [3.05, 3.63) is 12.3 Å². The van der Waals surface area contributed by atoms with Crippen LogP contribution in [0.1, 0.15) is 6.42 Å². The van der Waals surface area contributed by atoms with Crippen molar-refractivity contribution in [1.82, 2.24) is 5.32 Å². The lowest BCUT2D eigenvalue weighted by atomic mass is 10.2. The number of carboxylic acids is 2. The number of carboxylic acid groups (broad SMARTS) is 2. The lowest BCUT2D eigenvalue weighted by molar-refractivity contribution is -0.139. The van der Waals surface area contributed by atoms with Crippen molar-refractivity contribution in [3.8, 4) is 0 Å². The molecule has 0 aromatic carbocycles. The van der Waals surface area contributed by atoms with E-state index in [1.165, 1.54) is 0 Å². The number of hydrogen-bond acceptors (Lipinski definition) is 4. The summed E-state index contributed by atoms with van der Waals surface area (Å²) in [6.07, 6.45) is 4.35. The Morgan fingerprint density at radius 1 is 1.50 bits per heavy atom. The van der Waals surface area contributed by atoms with Gasteiger partial charge in [0.1, 0.15) is 6.04 Å². The van der Waals surface area contributed by atoms with Crippen LogP contribution >= 0.6 is 11.8 Å². The fourth-order valence-corrected chi connectivity index (χ4v) is 1.22. The van der Waals surface area contributed by atoms with Crippen LogP contribution in [0.3, 0.4) is 0 Å². The number of nitrogens with one attached hydrogen (secondary N) is 1. The molecule has 0 saturated carbocycles. The summed E-state index contributed by atoms with van der Waals surface area (Å²) in [6, 6.07) is -0.724. The second-order valence-corrected chi connectivity index (χ2v) is 3.50. The third-order valence-corrected chi connectivity index (χ3v) is 2.08. The van der Waals surface area contributed by atoms with Gasteiger partial charge >= 0.3 is 11.9 Å². The van der Waals surface area contributed by atoms with Crippen molar-refractivity contribution in [2.45, 2.75) is 12.5 Å². The summed E-state index contributed by atoms with van der Waals surface area (Å²) in [5.74, 6) is -1.37. The zero-order valence-corrected chi connectivity index (χ0v) is 8.58. The maximum atomic E-state index is 10.6. The van der Waals surface area contributed by atoms with E-state index in [2.05, 4.69) is 5.32 Å². The van der Waals surface area contributed by atoms with Crippen molar-refractivity contribution >= 4 is 23.7 Å². The van der Waals surface area contributed by atoms with Gasteiger partial charge in [0.2, 0.25) is 0 Å². The molecule has 80 valence electrons. The summed E-state index contributed by atoms with van der Waals surface area (Å²) >= 11 is 1.54. The van der Waals surface area contributed by atoms with E-state index in [9.17, 15) is 9.59 Å². The first-order valence-electron chi connectivity index (χ1n) is 3.95. The number of rotatable bonds is 7. The minimum Gasteiger partial charge on any atom is -0.480 e. The molecule has 0 spiro atoms. The molecule has 0 aliphatic rings. The van der Waals surface area contributed by atoms with Crippen LogP contribution < -0.4 is 5.32 Å². The third-order valence-electron chi connectivity index (χ3n) is 1.43. The molecule has 0 saturated heterocycles. The highest BCUT2D eigenvalue weighted by molar-refractivity contribution is 7.98. The van der Waals surface area contributed by atoms with Crippen LogP contribution in [0.25, 0.3) is 0 Å². The molecule has 3 N–H and O–H groups in total. The minimum atomic E-state index is -1.11. The van der Waals surface area contributed by atoms with Gasteiger partial charge < -0.3 is 15.5 Å². The summed E-state index contributed by atoms with van der Waals surface area (Å²) in [5.41, 5.74) is 0. The molecule has 6 heteroatoms. The Morgan fingerprint density at radius 3 is 2.57 bits per heavy atom. The van der Waals surface area contributed by atoms with E-state index in [0.717, 1.165) is 12.3 Å². The molecular formula is C8H13NO4S. The average molecular weight is 219 g/mol. The van der Waals surface area contributed by atoms with Crippen LogP contribution in [0.15, 0.2) is 12.3 Å². The SMILES string of the molecule is CSCC[C@H](NC=CC(=O)O)C(=O)O. The van der Waals surface area contributed by atoms with Crippen molar-refractivity contribution in [1.29, 1.82) is 0 Å². The van der Waals surface area contributed by atoms with Crippen molar-refractivity contribution in [2.24, 2.45) is 0 Å². The Hall–Kier alpha value is -1.17. The van der Waals surface area contributed by atoms with Gasteiger partial charge in [0.15, 0.2) is 0 Å². The smallest absolute Gasteiger partial charge is 0.329 e. The predicted octanol–water partition coefficient (Wildman–Crippen LogP) is 0.381. The molecule has 0 fully saturated rings. The van der Waals surface area contributed by atoms with Gasteiger partial charge in [-0.2, -0.15) is 11.8 Å². The van der Waals surface area contributed by atoms with E-state index in [1.54, 1.807) is 11.8 Å². The van der Waals surface area contributed by atoms with Gasteiger partial charge in [-0.15, -0.1) is 0 Å². The molecule has 0 aliphatic heterocycles.